The van der Waals surface area contributed by atoms with Crippen LogP contribution in [0.25, 0.3) is 0 Å². The smallest absolute Gasteiger partial charge is 0.239 e. The Balaban J connectivity index is 2.17. The van der Waals surface area contributed by atoms with Crippen LogP contribution < -0.4 is 5.73 Å². The Bertz CT molecular complexity index is 377. The Morgan fingerprint density at radius 1 is 1.29 bits per heavy atom. The van der Waals surface area contributed by atoms with Crippen LogP contribution in [-0.4, -0.2) is 23.4 Å². The van der Waals surface area contributed by atoms with E-state index in [2.05, 4.69) is 19.1 Å². The van der Waals surface area contributed by atoms with E-state index in [0.29, 0.717) is 0 Å². The minimum atomic E-state index is -0.316. The van der Waals surface area contributed by atoms with Crippen LogP contribution in [-0.2, 0) is 4.79 Å². The standard InChI is InChI=1S/C14H20N2O/c1-11(12-7-3-2-4-8-12)16-10-6-5-9-13(15)14(16)17/h2-4,7-8,11,13H,5-6,9-10,15H2,1H3/t11?,13-/m0/s1. The van der Waals surface area contributed by atoms with Crippen molar-refractivity contribution in [2.24, 2.45) is 5.73 Å². The first-order valence-corrected chi connectivity index (χ1v) is 6.31. The monoisotopic (exact) mass is 232 g/mol. The van der Waals surface area contributed by atoms with Gasteiger partial charge in [-0.3, -0.25) is 4.79 Å². The van der Waals surface area contributed by atoms with E-state index in [4.69, 9.17) is 5.73 Å². The number of carbonyl (C=O) groups is 1. The second kappa shape index (κ2) is 5.32. The molecular formula is C14H20N2O. The summed E-state index contributed by atoms with van der Waals surface area (Å²) in [5.41, 5.74) is 7.07. The molecule has 0 aliphatic carbocycles. The van der Waals surface area contributed by atoms with Crippen molar-refractivity contribution in [1.29, 1.82) is 0 Å². The molecule has 1 aromatic rings. The highest BCUT2D eigenvalue weighted by Crippen LogP contribution is 2.23. The first kappa shape index (κ1) is 12.1. The predicted octanol–water partition coefficient (Wildman–Crippen LogP) is 2.09. The van der Waals surface area contributed by atoms with E-state index in [0.717, 1.165) is 25.8 Å². The van der Waals surface area contributed by atoms with Gasteiger partial charge in [-0.1, -0.05) is 30.3 Å². The van der Waals surface area contributed by atoms with Crippen LogP contribution in [0.2, 0.25) is 0 Å². The van der Waals surface area contributed by atoms with Gasteiger partial charge in [-0.25, -0.2) is 0 Å². The highest BCUT2D eigenvalue weighted by molar-refractivity contribution is 5.82. The number of hydrogen-bond donors (Lipinski definition) is 1. The number of carbonyl (C=O) groups excluding carboxylic acids is 1. The summed E-state index contributed by atoms with van der Waals surface area (Å²) in [7, 11) is 0. The topological polar surface area (TPSA) is 46.3 Å². The lowest BCUT2D eigenvalue weighted by molar-refractivity contribution is -0.134. The summed E-state index contributed by atoms with van der Waals surface area (Å²) in [5.74, 6) is 0.0962. The molecule has 2 N–H and O–H groups in total. The molecule has 0 bridgehead atoms. The third kappa shape index (κ3) is 2.67. The van der Waals surface area contributed by atoms with Crippen LogP contribution in [0.5, 0.6) is 0 Å². The number of amides is 1. The largest absolute Gasteiger partial charge is 0.335 e. The van der Waals surface area contributed by atoms with E-state index >= 15 is 0 Å². The van der Waals surface area contributed by atoms with Crippen molar-refractivity contribution in [3.63, 3.8) is 0 Å². The zero-order chi connectivity index (χ0) is 12.3. The van der Waals surface area contributed by atoms with Gasteiger partial charge >= 0.3 is 0 Å². The van der Waals surface area contributed by atoms with Crippen LogP contribution in [0.15, 0.2) is 30.3 Å². The maximum absolute atomic E-state index is 12.2. The summed E-state index contributed by atoms with van der Waals surface area (Å²) in [5, 5.41) is 0. The Morgan fingerprint density at radius 3 is 2.71 bits per heavy atom. The number of nitrogens with zero attached hydrogens (tertiary/aromatic N) is 1. The molecule has 0 radical (unpaired) electrons. The van der Waals surface area contributed by atoms with Crippen LogP contribution in [0.3, 0.4) is 0 Å². The molecule has 1 fully saturated rings. The van der Waals surface area contributed by atoms with Crippen LogP contribution in [0.4, 0.5) is 0 Å². The quantitative estimate of drug-likeness (QED) is 0.848. The van der Waals surface area contributed by atoms with E-state index < -0.39 is 0 Å². The molecule has 0 aromatic heterocycles. The van der Waals surface area contributed by atoms with Gasteiger partial charge in [0.2, 0.25) is 5.91 Å². The average molecular weight is 232 g/mol. The van der Waals surface area contributed by atoms with Gasteiger partial charge in [-0.2, -0.15) is 0 Å². The van der Waals surface area contributed by atoms with Gasteiger partial charge in [-0.15, -0.1) is 0 Å². The minimum Gasteiger partial charge on any atom is -0.335 e. The van der Waals surface area contributed by atoms with Gasteiger partial charge < -0.3 is 10.6 Å². The molecule has 1 unspecified atom stereocenters. The van der Waals surface area contributed by atoms with Crippen molar-refractivity contribution < 1.29 is 4.79 Å². The average Bonchev–Trinajstić information content (AvgIpc) is 2.53. The molecule has 3 heteroatoms. The van der Waals surface area contributed by atoms with Crippen LogP contribution in [0, 0.1) is 0 Å². The Labute approximate surface area is 103 Å². The van der Waals surface area contributed by atoms with E-state index in [1.54, 1.807) is 0 Å². The fourth-order valence-corrected chi connectivity index (χ4v) is 2.39. The summed E-state index contributed by atoms with van der Waals surface area (Å²) in [6, 6.07) is 9.94. The number of rotatable bonds is 2. The normalized spacial score (nSPS) is 23.3. The van der Waals surface area contributed by atoms with Crippen molar-refractivity contribution >= 4 is 5.91 Å². The number of benzene rings is 1. The zero-order valence-electron chi connectivity index (χ0n) is 10.3. The molecular weight excluding hydrogens is 212 g/mol. The Morgan fingerprint density at radius 2 is 2.00 bits per heavy atom. The summed E-state index contributed by atoms with van der Waals surface area (Å²) in [6.07, 6.45) is 2.92. The highest BCUT2D eigenvalue weighted by atomic mass is 16.2. The predicted molar refractivity (Wildman–Crippen MR) is 68.4 cm³/mol. The molecule has 92 valence electrons. The Kier molecular flexibility index (Phi) is 3.79. The number of likely N-dealkylation sites (tertiary alicyclic amines) is 1. The van der Waals surface area contributed by atoms with Gasteiger partial charge in [0.05, 0.1) is 12.1 Å². The molecule has 2 rings (SSSR count). The molecule has 3 nitrogen and oxygen atoms in total. The molecule has 1 aromatic carbocycles. The summed E-state index contributed by atoms with van der Waals surface area (Å²) in [4.78, 5) is 14.1. The van der Waals surface area contributed by atoms with Gasteiger partial charge in [0.15, 0.2) is 0 Å². The summed E-state index contributed by atoms with van der Waals surface area (Å²) in [6.45, 7) is 2.90. The van der Waals surface area contributed by atoms with Crippen LogP contribution >= 0.6 is 0 Å². The number of nitrogens with two attached hydrogens (primary N) is 1. The molecule has 1 heterocycles. The zero-order valence-corrected chi connectivity index (χ0v) is 10.3. The summed E-state index contributed by atoms with van der Waals surface area (Å²) < 4.78 is 0. The fourth-order valence-electron chi connectivity index (χ4n) is 2.39. The maximum atomic E-state index is 12.2. The van der Waals surface area contributed by atoms with Gasteiger partial charge in [-0.05, 0) is 31.7 Å². The van der Waals surface area contributed by atoms with Crippen molar-refractivity contribution in [2.45, 2.75) is 38.3 Å². The molecule has 1 aliphatic rings. The van der Waals surface area contributed by atoms with E-state index in [9.17, 15) is 4.79 Å². The lowest BCUT2D eigenvalue weighted by atomic mass is 10.1. The van der Waals surface area contributed by atoms with Gasteiger partial charge in [0, 0.05) is 6.54 Å². The lowest BCUT2D eigenvalue weighted by Crippen LogP contribution is -2.43. The van der Waals surface area contributed by atoms with Crippen LogP contribution in [0.1, 0.15) is 37.8 Å². The van der Waals surface area contributed by atoms with E-state index in [-0.39, 0.29) is 18.0 Å². The maximum Gasteiger partial charge on any atom is 0.239 e. The molecule has 0 saturated carbocycles. The molecule has 17 heavy (non-hydrogen) atoms. The first-order chi connectivity index (χ1) is 8.20. The molecule has 0 spiro atoms. The minimum absolute atomic E-state index is 0.0962. The highest BCUT2D eigenvalue weighted by Gasteiger charge is 2.27. The molecule has 2 atom stereocenters. The van der Waals surface area contributed by atoms with E-state index in [1.165, 1.54) is 5.56 Å². The number of hydrogen-bond acceptors (Lipinski definition) is 2. The molecule has 1 aliphatic heterocycles. The van der Waals surface area contributed by atoms with Gasteiger partial charge in [0.25, 0.3) is 0 Å². The van der Waals surface area contributed by atoms with Crippen molar-refractivity contribution in [1.82, 2.24) is 4.90 Å². The van der Waals surface area contributed by atoms with Crippen molar-refractivity contribution in [3.05, 3.63) is 35.9 Å². The first-order valence-electron chi connectivity index (χ1n) is 6.31. The van der Waals surface area contributed by atoms with Crippen molar-refractivity contribution in [3.8, 4) is 0 Å². The van der Waals surface area contributed by atoms with E-state index in [1.807, 2.05) is 23.1 Å². The molecule has 1 saturated heterocycles. The molecule has 1 amide bonds. The second-order valence-electron chi connectivity index (χ2n) is 4.72. The lowest BCUT2D eigenvalue weighted by Gasteiger charge is -2.29. The summed E-state index contributed by atoms with van der Waals surface area (Å²) >= 11 is 0. The SMILES string of the molecule is CC(c1ccccc1)N1CCCC[C@H](N)C1=O. The Hall–Kier alpha value is -1.35. The third-order valence-electron chi connectivity index (χ3n) is 3.51. The van der Waals surface area contributed by atoms with Gasteiger partial charge in [0.1, 0.15) is 0 Å². The fraction of sp³-hybridized carbons (Fsp3) is 0.500. The second-order valence-corrected chi connectivity index (χ2v) is 4.72. The van der Waals surface area contributed by atoms with Crippen molar-refractivity contribution in [2.75, 3.05) is 6.54 Å². The third-order valence-corrected chi connectivity index (χ3v) is 3.51.